The van der Waals surface area contributed by atoms with Crippen LogP contribution in [0.4, 0.5) is 0 Å². The van der Waals surface area contributed by atoms with Crippen LogP contribution in [0.2, 0.25) is 0 Å². The molecule has 0 fully saturated rings. The van der Waals surface area contributed by atoms with E-state index in [0.29, 0.717) is 5.56 Å². The van der Waals surface area contributed by atoms with Crippen molar-refractivity contribution in [1.29, 1.82) is 0 Å². The Morgan fingerprint density at radius 1 is 1.35 bits per heavy atom. The van der Waals surface area contributed by atoms with E-state index in [1.807, 2.05) is 26.2 Å². The molecule has 1 aromatic carbocycles. The van der Waals surface area contributed by atoms with E-state index in [9.17, 15) is 4.79 Å². The molecule has 0 saturated carbocycles. The fourth-order valence-electron chi connectivity index (χ4n) is 1.48. The van der Waals surface area contributed by atoms with Crippen LogP contribution in [0.3, 0.4) is 0 Å². The predicted molar refractivity (Wildman–Crippen MR) is 67.8 cm³/mol. The van der Waals surface area contributed by atoms with Gasteiger partial charge in [0, 0.05) is 18.2 Å². The molecule has 0 heterocycles. The number of carbonyl (C=O) groups excluding carboxylic acids is 1. The van der Waals surface area contributed by atoms with E-state index in [1.165, 1.54) is 5.56 Å². The van der Waals surface area contributed by atoms with Crippen LogP contribution < -0.4 is 5.32 Å². The van der Waals surface area contributed by atoms with Crippen molar-refractivity contribution in [3.05, 3.63) is 35.4 Å². The third-order valence-electron chi connectivity index (χ3n) is 2.37. The lowest BCUT2D eigenvalue weighted by Gasteiger charge is -2.12. The molecule has 17 heavy (non-hydrogen) atoms. The predicted octanol–water partition coefficient (Wildman–Crippen LogP) is 0.859. The molecule has 1 rings (SSSR count). The lowest BCUT2D eigenvalue weighted by Crippen LogP contribution is -2.34. The van der Waals surface area contributed by atoms with Gasteiger partial charge < -0.3 is 15.3 Å². The molecule has 1 aromatic rings. The SMILES string of the molecule is C[C@H](CO)NC(=O)c1ccc(CN(C)C)cc1. The van der Waals surface area contributed by atoms with Gasteiger partial charge in [0.25, 0.3) is 5.91 Å². The Bertz CT molecular complexity index is 360. The Labute approximate surface area is 102 Å². The average molecular weight is 236 g/mol. The van der Waals surface area contributed by atoms with Gasteiger partial charge in [-0.05, 0) is 38.7 Å². The maximum absolute atomic E-state index is 11.7. The van der Waals surface area contributed by atoms with Gasteiger partial charge in [0.05, 0.1) is 6.61 Å². The molecule has 1 atom stereocenters. The van der Waals surface area contributed by atoms with Gasteiger partial charge in [0.2, 0.25) is 0 Å². The third-order valence-corrected chi connectivity index (χ3v) is 2.37. The average Bonchev–Trinajstić information content (AvgIpc) is 2.28. The number of nitrogens with one attached hydrogen (secondary N) is 1. The summed E-state index contributed by atoms with van der Waals surface area (Å²) in [7, 11) is 4.01. The van der Waals surface area contributed by atoms with Crippen molar-refractivity contribution in [2.24, 2.45) is 0 Å². The van der Waals surface area contributed by atoms with Gasteiger partial charge in [-0.3, -0.25) is 4.79 Å². The highest BCUT2D eigenvalue weighted by atomic mass is 16.3. The summed E-state index contributed by atoms with van der Waals surface area (Å²) in [4.78, 5) is 13.8. The first-order chi connectivity index (χ1) is 8.02. The molecular formula is C13H20N2O2. The number of aliphatic hydroxyl groups excluding tert-OH is 1. The molecule has 0 aliphatic rings. The van der Waals surface area contributed by atoms with E-state index in [1.54, 1.807) is 19.1 Å². The van der Waals surface area contributed by atoms with E-state index >= 15 is 0 Å². The Kier molecular flexibility index (Phi) is 5.12. The van der Waals surface area contributed by atoms with Crippen molar-refractivity contribution in [2.75, 3.05) is 20.7 Å². The molecule has 0 radical (unpaired) electrons. The van der Waals surface area contributed by atoms with Crippen LogP contribution in [0.15, 0.2) is 24.3 Å². The van der Waals surface area contributed by atoms with E-state index in [0.717, 1.165) is 6.54 Å². The number of carbonyl (C=O) groups is 1. The molecule has 0 spiro atoms. The number of benzene rings is 1. The molecule has 1 amide bonds. The number of hydrogen-bond acceptors (Lipinski definition) is 3. The van der Waals surface area contributed by atoms with Gasteiger partial charge in [-0.25, -0.2) is 0 Å². The van der Waals surface area contributed by atoms with Crippen LogP contribution in [0.1, 0.15) is 22.8 Å². The van der Waals surface area contributed by atoms with E-state index < -0.39 is 0 Å². The molecule has 2 N–H and O–H groups in total. The fraction of sp³-hybridized carbons (Fsp3) is 0.462. The third kappa shape index (κ3) is 4.54. The second kappa shape index (κ2) is 6.37. The van der Waals surface area contributed by atoms with Crippen LogP contribution in [0.5, 0.6) is 0 Å². The van der Waals surface area contributed by atoms with Gasteiger partial charge in [-0.1, -0.05) is 12.1 Å². The van der Waals surface area contributed by atoms with Crippen molar-refractivity contribution >= 4 is 5.91 Å². The minimum atomic E-state index is -0.219. The van der Waals surface area contributed by atoms with Crippen molar-refractivity contribution in [3.8, 4) is 0 Å². The quantitative estimate of drug-likeness (QED) is 0.797. The standard InChI is InChI=1S/C13H20N2O2/c1-10(9-16)14-13(17)12-6-4-11(5-7-12)8-15(2)3/h4-7,10,16H,8-9H2,1-3H3,(H,14,17)/t10-/m1/s1. The Morgan fingerprint density at radius 3 is 2.41 bits per heavy atom. The molecule has 94 valence electrons. The van der Waals surface area contributed by atoms with Gasteiger partial charge in [-0.2, -0.15) is 0 Å². The first-order valence-electron chi connectivity index (χ1n) is 5.68. The zero-order chi connectivity index (χ0) is 12.8. The molecule has 0 saturated heterocycles. The molecule has 0 aliphatic heterocycles. The number of aliphatic hydroxyl groups is 1. The van der Waals surface area contributed by atoms with Crippen molar-refractivity contribution in [2.45, 2.75) is 19.5 Å². The van der Waals surface area contributed by atoms with Gasteiger partial charge >= 0.3 is 0 Å². The van der Waals surface area contributed by atoms with Gasteiger partial charge in [0.15, 0.2) is 0 Å². The maximum Gasteiger partial charge on any atom is 0.251 e. The molecule has 0 unspecified atom stereocenters. The van der Waals surface area contributed by atoms with Gasteiger partial charge in [-0.15, -0.1) is 0 Å². The van der Waals surface area contributed by atoms with Crippen molar-refractivity contribution in [1.82, 2.24) is 10.2 Å². The summed E-state index contributed by atoms with van der Waals surface area (Å²) in [6, 6.07) is 7.28. The van der Waals surface area contributed by atoms with E-state index in [4.69, 9.17) is 5.11 Å². The first-order valence-corrected chi connectivity index (χ1v) is 5.68. The van der Waals surface area contributed by atoms with Crippen molar-refractivity contribution in [3.63, 3.8) is 0 Å². The minimum Gasteiger partial charge on any atom is -0.394 e. The monoisotopic (exact) mass is 236 g/mol. The largest absolute Gasteiger partial charge is 0.394 e. The molecule has 0 bridgehead atoms. The van der Waals surface area contributed by atoms with Crippen LogP contribution in [0.25, 0.3) is 0 Å². The Morgan fingerprint density at radius 2 is 1.94 bits per heavy atom. The topological polar surface area (TPSA) is 52.6 Å². The summed E-state index contributed by atoms with van der Waals surface area (Å²) in [6.45, 7) is 2.57. The summed E-state index contributed by atoms with van der Waals surface area (Å²) in [5, 5.41) is 11.6. The first kappa shape index (κ1) is 13.7. The molecule has 0 aliphatic carbocycles. The number of amides is 1. The van der Waals surface area contributed by atoms with Crippen LogP contribution in [0, 0.1) is 0 Å². The normalized spacial score (nSPS) is 12.5. The second-order valence-electron chi connectivity index (χ2n) is 4.49. The molecular weight excluding hydrogens is 216 g/mol. The van der Waals surface area contributed by atoms with E-state index in [2.05, 4.69) is 10.2 Å². The lowest BCUT2D eigenvalue weighted by atomic mass is 10.1. The zero-order valence-corrected chi connectivity index (χ0v) is 10.6. The summed E-state index contributed by atoms with van der Waals surface area (Å²) in [5.74, 6) is -0.150. The summed E-state index contributed by atoms with van der Waals surface area (Å²) < 4.78 is 0. The van der Waals surface area contributed by atoms with Crippen molar-refractivity contribution < 1.29 is 9.90 Å². The van der Waals surface area contributed by atoms with Crippen LogP contribution in [-0.4, -0.2) is 42.7 Å². The number of rotatable bonds is 5. The summed E-state index contributed by atoms with van der Waals surface area (Å²) in [6.07, 6.45) is 0. The Balaban J connectivity index is 2.64. The van der Waals surface area contributed by atoms with Gasteiger partial charge in [0.1, 0.15) is 0 Å². The zero-order valence-electron chi connectivity index (χ0n) is 10.6. The highest BCUT2D eigenvalue weighted by Gasteiger charge is 2.08. The van der Waals surface area contributed by atoms with E-state index in [-0.39, 0.29) is 18.6 Å². The lowest BCUT2D eigenvalue weighted by molar-refractivity contribution is 0.0922. The summed E-state index contributed by atoms with van der Waals surface area (Å²) >= 11 is 0. The fourth-order valence-corrected chi connectivity index (χ4v) is 1.48. The molecule has 4 nitrogen and oxygen atoms in total. The summed E-state index contributed by atoms with van der Waals surface area (Å²) in [5.41, 5.74) is 1.79. The highest BCUT2D eigenvalue weighted by Crippen LogP contribution is 2.06. The minimum absolute atomic E-state index is 0.0511. The highest BCUT2D eigenvalue weighted by molar-refractivity contribution is 5.94. The molecule has 4 heteroatoms. The molecule has 0 aromatic heterocycles. The smallest absolute Gasteiger partial charge is 0.251 e. The number of nitrogens with zero attached hydrogens (tertiary/aromatic N) is 1. The number of hydrogen-bond donors (Lipinski definition) is 2. The second-order valence-corrected chi connectivity index (χ2v) is 4.49. The van der Waals surface area contributed by atoms with Crippen LogP contribution >= 0.6 is 0 Å². The maximum atomic E-state index is 11.7. The van der Waals surface area contributed by atoms with Crippen LogP contribution in [-0.2, 0) is 6.54 Å². The Hall–Kier alpha value is -1.39.